The summed E-state index contributed by atoms with van der Waals surface area (Å²) in [5.74, 6) is -1.44. The molecule has 0 atom stereocenters. The average Bonchev–Trinajstić information content (AvgIpc) is 2.79. The Morgan fingerprint density at radius 3 is 2.71 bits per heavy atom. The van der Waals surface area contributed by atoms with Crippen LogP contribution in [0.15, 0.2) is 18.3 Å². The van der Waals surface area contributed by atoms with Crippen LogP contribution in [0.3, 0.4) is 0 Å². The summed E-state index contributed by atoms with van der Waals surface area (Å²) in [6, 6.07) is 3.02. The Labute approximate surface area is 119 Å². The predicted octanol–water partition coefficient (Wildman–Crippen LogP) is 1.07. The van der Waals surface area contributed by atoms with Crippen LogP contribution in [0.5, 0.6) is 0 Å². The van der Waals surface area contributed by atoms with E-state index in [4.69, 9.17) is 9.84 Å². The van der Waals surface area contributed by atoms with Crippen molar-refractivity contribution in [3.05, 3.63) is 24.0 Å². The van der Waals surface area contributed by atoms with Gasteiger partial charge in [-0.3, -0.25) is 4.79 Å². The highest BCUT2D eigenvalue weighted by Gasteiger charge is 2.43. The number of likely N-dealkylation sites (tertiary alicyclic amines) is 1. The van der Waals surface area contributed by atoms with Crippen molar-refractivity contribution < 1.29 is 28.2 Å². The summed E-state index contributed by atoms with van der Waals surface area (Å²) in [5.41, 5.74) is -0.510. The van der Waals surface area contributed by atoms with Gasteiger partial charge in [0.05, 0.1) is 19.6 Å². The molecule has 1 aliphatic heterocycles. The molecule has 21 heavy (non-hydrogen) atoms. The fraction of sp³-hybridized carbons (Fsp3) is 0.538. The lowest BCUT2D eigenvalue weighted by Gasteiger charge is -2.47. The molecule has 1 aromatic heterocycles. The van der Waals surface area contributed by atoms with Gasteiger partial charge in [-0.1, -0.05) is 0 Å². The number of carboxylic acids is 1. The quantitative estimate of drug-likeness (QED) is 0.853. The number of carbonyl (C=O) groups is 2. The number of rotatable bonds is 6. The van der Waals surface area contributed by atoms with Crippen LogP contribution >= 0.6 is 0 Å². The van der Waals surface area contributed by atoms with Gasteiger partial charge in [0, 0.05) is 6.20 Å². The lowest BCUT2D eigenvalue weighted by molar-refractivity contribution is -0.160. The lowest BCUT2D eigenvalue weighted by atomic mass is 9.96. The zero-order valence-corrected chi connectivity index (χ0v) is 11.5. The summed E-state index contributed by atoms with van der Waals surface area (Å²) in [4.78, 5) is 24.1. The summed E-state index contributed by atoms with van der Waals surface area (Å²) in [7, 11) is 0. The number of aromatic nitrogens is 1. The standard InChI is InChI=1S/C13H16F2N2O4/c1-13(21-6-11(18)19)7-17(8-13)12(20)9-3-2-4-16(9)5-10(14)15/h2-4,10H,5-8H2,1H3,(H,18,19). The zero-order valence-electron chi connectivity index (χ0n) is 11.5. The maximum absolute atomic E-state index is 12.4. The molecule has 0 aromatic carbocycles. The minimum atomic E-state index is -2.54. The Balaban J connectivity index is 1.94. The Hall–Kier alpha value is -1.96. The summed E-state index contributed by atoms with van der Waals surface area (Å²) in [6.45, 7) is 1.21. The number of carboxylic acid groups (broad SMARTS) is 1. The van der Waals surface area contributed by atoms with E-state index in [-0.39, 0.29) is 24.7 Å². The van der Waals surface area contributed by atoms with Gasteiger partial charge in [0.2, 0.25) is 0 Å². The van der Waals surface area contributed by atoms with E-state index in [0.717, 1.165) is 0 Å². The van der Waals surface area contributed by atoms with E-state index in [1.54, 1.807) is 6.92 Å². The second-order valence-corrected chi connectivity index (χ2v) is 5.23. The third-order valence-corrected chi connectivity index (χ3v) is 3.27. The summed E-state index contributed by atoms with van der Waals surface area (Å²) in [6.07, 6.45) is -1.11. The molecule has 1 amide bonds. The van der Waals surface area contributed by atoms with E-state index in [9.17, 15) is 18.4 Å². The Kier molecular flexibility index (Phi) is 4.26. The molecule has 8 heteroatoms. The molecular formula is C13H16F2N2O4. The third-order valence-electron chi connectivity index (χ3n) is 3.27. The Bertz CT molecular complexity index is 538. The van der Waals surface area contributed by atoms with E-state index in [1.807, 2.05) is 0 Å². The number of hydrogen-bond donors (Lipinski definition) is 1. The van der Waals surface area contributed by atoms with Crippen LogP contribution in [0, 0.1) is 0 Å². The van der Waals surface area contributed by atoms with Gasteiger partial charge in [0.1, 0.15) is 17.9 Å². The van der Waals surface area contributed by atoms with E-state index >= 15 is 0 Å². The molecule has 1 saturated heterocycles. The minimum Gasteiger partial charge on any atom is -0.480 e. The van der Waals surface area contributed by atoms with Crippen LogP contribution in [0.25, 0.3) is 0 Å². The topological polar surface area (TPSA) is 71.8 Å². The van der Waals surface area contributed by atoms with Gasteiger partial charge in [0.25, 0.3) is 12.3 Å². The van der Waals surface area contributed by atoms with Gasteiger partial charge in [-0.2, -0.15) is 0 Å². The summed E-state index contributed by atoms with van der Waals surface area (Å²) in [5, 5.41) is 8.56. The maximum Gasteiger partial charge on any atom is 0.329 e. The maximum atomic E-state index is 12.4. The normalized spacial score (nSPS) is 16.9. The predicted molar refractivity (Wildman–Crippen MR) is 68.3 cm³/mol. The van der Waals surface area contributed by atoms with Crippen LogP contribution in [0.4, 0.5) is 8.78 Å². The zero-order chi connectivity index (χ0) is 15.6. The van der Waals surface area contributed by atoms with Crippen molar-refractivity contribution in [3.8, 4) is 0 Å². The smallest absolute Gasteiger partial charge is 0.329 e. The summed E-state index contributed by atoms with van der Waals surface area (Å²) < 4.78 is 31.2. The number of hydrogen-bond acceptors (Lipinski definition) is 3. The van der Waals surface area contributed by atoms with Crippen molar-refractivity contribution in [1.82, 2.24) is 9.47 Å². The average molecular weight is 302 g/mol. The minimum absolute atomic E-state index is 0.190. The molecule has 0 bridgehead atoms. The van der Waals surface area contributed by atoms with E-state index in [0.29, 0.717) is 0 Å². The molecule has 0 saturated carbocycles. The molecule has 116 valence electrons. The molecule has 6 nitrogen and oxygen atoms in total. The Morgan fingerprint density at radius 2 is 2.14 bits per heavy atom. The van der Waals surface area contributed by atoms with Crippen LogP contribution < -0.4 is 0 Å². The van der Waals surface area contributed by atoms with Gasteiger partial charge in [0.15, 0.2) is 0 Å². The first-order chi connectivity index (χ1) is 9.81. The molecule has 2 heterocycles. The van der Waals surface area contributed by atoms with Gasteiger partial charge in [-0.05, 0) is 19.1 Å². The largest absolute Gasteiger partial charge is 0.480 e. The number of alkyl halides is 2. The number of halogens is 2. The first-order valence-corrected chi connectivity index (χ1v) is 6.39. The lowest BCUT2D eigenvalue weighted by Crippen LogP contribution is -2.63. The molecule has 0 aliphatic carbocycles. The molecule has 1 N–H and O–H groups in total. The highest BCUT2D eigenvalue weighted by molar-refractivity contribution is 5.93. The Morgan fingerprint density at radius 1 is 1.48 bits per heavy atom. The molecule has 1 aliphatic rings. The van der Waals surface area contributed by atoms with Gasteiger partial charge in [-0.15, -0.1) is 0 Å². The van der Waals surface area contributed by atoms with Gasteiger partial charge >= 0.3 is 5.97 Å². The van der Waals surface area contributed by atoms with E-state index in [2.05, 4.69) is 0 Å². The number of aliphatic carboxylic acids is 1. The van der Waals surface area contributed by atoms with Crippen molar-refractivity contribution in [2.75, 3.05) is 19.7 Å². The van der Waals surface area contributed by atoms with Crippen LogP contribution in [-0.4, -0.2) is 58.2 Å². The molecular weight excluding hydrogens is 286 g/mol. The van der Waals surface area contributed by atoms with Gasteiger partial charge in [-0.25, -0.2) is 13.6 Å². The first-order valence-electron chi connectivity index (χ1n) is 6.39. The SMILES string of the molecule is CC1(OCC(=O)O)CN(C(=O)c2cccn2CC(F)F)C1. The van der Waals surface area contributed by atoms with Gasteiger partial charge < -0.3 is 19.3 Å². The van der Waals surface area contributed by atoms with Crippen LogP contribution in [0.2, 0.25) is 0 Å². The number of ether oxygens (including phenoxy) is 1. The molecule has 0 spiro atoms. The molecule has 0 radical (unpaired) electrons. The van der Waals surface area contributed by atoms with E-state index < -0.39 is 31.1 Å². The molecule has 1 fully saturated rings. The molecule has 2 rings (SSSR count). The van der Waals surface area contributed by atoms with Crippen LogP contribution in [-0.2, 0) is 16.1 Å². The monoisotopic (exact) mass is 302 g/mol. The highest BCUT2D eigenvalue weighted by Crippen LogP contribution is 2.26. The fourth-order valence-corrected chi connectivity index (χ4v) is 2.31. The van der Waals surface area contributed by atoms with Crippen molar-refractivity contribution >= 4 is 11.9 Å². The van der Waals surface area contributed by atoms with Crippen molar-refractivity contribution in [2.45, 2.75) is 25.5 Å². The third kappa shape index (κ3) is 3.57. The highest BCUT2D eigenvalue weighted by atomic mass is 19.3. The second-order valence-electron chi connectivity index (χ2n) is 5.23. The summed E-state index contributed by atoms with van der Waals surface area (Å²) >= 11 is 0. The van der Waals surface area contributed by atoms with Crippen molar-refractivity contribution in [3.63, 3.8) is 0 Å². The van der Waals surface area contributed by atoms with Crippen molar-refractivity contribution in [2.24, 2.45) is 0 Å². The van der Waals surface area contributed by atoms with Crippen molar-refractivity contribution in [1.29, 1.82) is 0 Å². The number of carbonyl (C=O) groups excluding carboxylic acids is 1. The van der Waals surface area contributed by atoms with Crippen LogP contribution in [0.1, 0.15) is 17.4 Å². The second kappa shape index (κ2) is 5.80. The molecule has 1 aromatic rings. The fourth-order valence-electron chi connectivity index (χ4n) is 2.31. The van der Waals surface area contributed by atoms with E-state index in [1.165, 1.54) is 27.8 Å². The number of nitrogens with zero attached hydrogens (tertiary/aromatic N) is 2. The first kappa shape index (κ1) is 15.4. The molecule has 0 unspecified atom stereocenters. The number of amides is 1.